The number of hydrogen-bond acceptors (Lipinski definition) is 7. The first-order valence-electron chi connectivity index (χ1n) is 9.72. The molecule has 168 valence electrons. The van der Waals surface area contributed by atoms with Gasteiger partial charge in [0.05, 0.1) is 32.3 Å². The monoisotopic (exact) mass is 450 g/mol. The number of carbonyl (C=O) groups excluding carboxylic acids is 1. The average molecular weight is 451 g/mol. The van der Waals surface area contributed by atoms with Crippen LogP contribution in [-0.2, 0) is 26.1 Å². The number of benzene rings is 2. The van der Waals surface area contributed by atoms with Crippen LogP contribution in [0.4, 0.5) is 0 Å². The number of ether oxygens (including phenoxy) is 4. The van der Waals surface area contributed by atoms with Crippen LogP contribution >= 0.6 is 0 Å². The normalized spacial score (nSPS) is 14.6. The van der Waals surface area contributed by atoms with E-state index in [0.29, 0.717) is 50.1 Å². The van der Waals surface area contributed by atoms with E-state index in [0.717, 1.165) is 5.56 Å². The molecule has 31 heavy (non-hydrogen) atoms. The number of amides is 1. The van der Waals surface area contributed by atoms with Gasteiger partial charge >= 0.3 is 0 Å². The Hall–Kier alpha value is -2.82. The minimum atomic E-state index is -3.56. The van der Waals surface area contributed by atoms with Gasteiger partial charge in [0, 0.05) is 19.6 Å². The van der Waals surface area contributed by atoms with Crippen molar-refractivity contribution in [3.05, 3.63) is 48.0 Å². The summed E-state index contributed by atoms with van der Waals surface area (Å²) >= 11 is 0. The Balaban J connectivity index is 1.50. The Kier molecular flexibility index (Phi) is 7.72. The number of sulfonamides is 1. The minimum absolute atomic E-state index is 0.180. The molecule has 1 aliphatic heterocycles. The highest BCUT2D eigenvalue weighted by atomic mass is 32.2. The van der Waals surface area contributed by atoms with E-state index in [2.05, 4.69) is 5.32 Å². The van der Waals surface area contributed by atoms with Gasteiger partial charge in [0.1, 0.15) is 5.75 Å². The molecule has 0 unspecified atom stereocenters. The van der Waals surface area contributed by atoms with Crippen molar-refractivity contribution in [2.45, 2.75) is 11.4 Å². The number of carbonyl (C=O) groups is 1. The van der Waals surface area contributed by atoms with Crippen LogP contribution in [0.3, 0.4) is 0 Å². The smallest absolute Gasteiger partial charge is 0.258 e. The molecule has 2 aromatic carbocycles. The molecular weight excluding hydrogens is 424 g/mol. The highest BCUT2D eigenvalue weighted by Gasteiger charge is 2.26. The Morgan fingerprint density at radius 3 is 2.35 bits per heavy atom. The van der Waals surface area contributed by atoms with Gasteiger partial charge in [0.25, 0.3) is 5.91 Å². The molecule has 1 amide bonds. The third-order valence-electron chi connectivity index (χ3n) is 4.74. The standard InChI is InChI=1S/C21H26N2O7S/c1-27-19-8-3-16(13-20(19)28-2)14-22-21(24)15-30-17-4-6-18(7-5-17)31(25,26)23-9-11-29-12-10-23/h3-8,13H,9-12,14-15H2,1-2H3,(H,22,24). The summed E-state index contributed by atoms with van der Waals surface area (Å²) in [6, 6.07) is 11.4. The lowest BCUT2D eigenvalue weighted by molar-refractivity contribution is -0.123. The number of morpholine rings is 1. The van der Waals surface area contributed by atoms with Gasteiger partial charge in [-0.15, -0.1) is 0 Å². The third kappa shape index (κ3) is 5.87. The van der Waals surface area contributed by atoms with Crippen LogP contribution in [0.25, 0.3) is 0 Å². The maximum atomic E-state index is 12.6. The molecule has 1 aliphatic rings. The topological polar surface area (TPSA) is 103 Å². The summed E-state index contributed by atoms with van der Waals surface area (Å²) in [4.78, 5) is 12.3. The second-order valence-electron chi connectivity index (χ2n) is 6.74. The van der Waals surface area contributed by atoms with Gasteiger partial charge in [-0.2, -0.15) is 4.31 Å². The van der Waals surface area contributed by atoms with Gasteiger partial charge in [-0.1, -0.05) is 6.07 Å². The van der Waals surface area contributed by atoms with Crippen LogP contribution < -0.4 is 19.5 Å². The molecular formula is C21H26N2O7S. The van der Waals surface area contributed by atoms with Crippen molar-refractivity contribution < 1.29 is 32.2 Å². The zero-order valence-electron chi connectivity index (χ0n) is 17.5. The van der Waals surface area contributed by atoms with E-state index in [1.807, 2.05) is 6.07 Å². The Morgan fingerprint density at radius 1 is 1.03 bits per heavy atom. The van der Waals surface area contributed by atoms with Crippen LogP contribution in [-0.4, -0.2) is 65.8 Å². The van der Waals surface area contributed by atoms with Gasteiger partial charge in [0.15, 0.2) is 18.1 Å². The summed E-state index contributed by atoms with van der Waals surface area (Å²) in [6.45, 7) is 1.56. The van der Waals surface area contributed by atoms with E-state index < -0.39 is 10.0 Å². The molecule has 0 aromatic heterocycles. The number of methoxy groups -OCH3 is 2. The zero-order chi connectivity index (χ0) is 22.3. The van der Waals surface area contributed by atoms with Crippen molar-refractivity contribution in [1.29, 1.82) is 0 Å². The van der Waals surface area contributed by atoms with E-state index in [1.165, 1.54) is 28.6 Å². The molecule has 1 N–H and O–H groups in total. The highest BCUT2D eigenvalue weighted by Crippen LogP contribution is 2.27. The Morgan fingerprint density at radius 2 is 1.71 bits per heavy atom. The van der Waals surface area contributed by atoms with E-state index in [-0.39, 0.29) is 17.4 Å². The van der Waals surface area contributed by atoms with Gasteiger partial charge in [-0.25, -0.2) is 8.42 Å². The second kappa shape index (κ2) is 10.5. The highest BCUT2D eigenvalue weighted by molar-refractivity contribution is 7.89. The first kappa shape index (κ1) is 22.9. The van der Waals surface area contributed by atoms with Crippen molar-refractivity contribution in [2.24, 2.45) is 0 Å². The fourth-order valence-corrected chi connectivity index (χ4v) is 4.44. The maximum absolute atomic E-state index is 12.6. The van der Waals surface area contributed by atoms with Gasteiger partial charge in [-0.05, 0) is 42.0 Å². The molecule has 1 heterocycles. The van der Waals surface area contributed by atoms with Gasteiger partial charge in [0.2, 0.25) is 10.0 Å². The van der Waals surface area contributed by atoms with Gasteiger partial charge < -0.3 is 24.3 Å². The molecule has 3 rings (SSSR count). The Bertz CT molecular complexity index is 987. The first-order valence-corrected chi connectivity index (χ1v) is 11.2. The van der Waals surface area contributed by atoms with Crippen molar-refractivity contribution in [1.82, 2.24) is 9.62 Å². The fourth-order valence-electron chi connectivity index (χ4n) is 3.04. The molecule has 1 saturated heterocycles. The molecule has 0 bridgehead atoms. The predicted molar refractivity (Wildman–Crippen MR) is 113 cm³/mol. The number of rotatable bonds is 9. The SMILES string of the molecule is COc1ccc(CNC(=O)COc2ccc(S(=O)(=O)N3CCOCC3)cc2)cc1OC. The molecule has 1 fully saturated rings. The van der Waals surface area contributed by atoms with Crippen LogP contribution in [0.15, 0.2) is 47.4 Å². The fraction of sp³-hybridized carbons (Fsp3) is 0.381. The van der Waals surface area contributed by atoms with E-state index in [9.17, 15) is 13.2 Å². The summed E-state index contributed by atoms with van der Waals surface area (Å²) in [6.07, 6.45) is 0. The number of nitrogens with one attached hydrogen (secondary N) is 1. The lowest BCUT2D eigenvalue weighted by Gasteiger charge is -2.26. The maximum Gasteiger partial charge on any atom is 0.258 e. The number of nitrogens with zero attached hydrogens (tertiary/aromatic N) is 1. The van der Waals surface area contributed by atoms with Crippen LogP contribution in [0.5, 0.6) is 17.2 Å². The molecule has 2 aromatic rings. The van der Waals surface area contributed by atoms with Crippen molar-refractivity contribution in [3.8, 4) is 17.2 Å². The zero-order valence-corrected chi connectivity index (χ0v) is 18.3. The summed E-state index contributed by atoms with van der Waals surface area (Å²) in [7, 11) is -0.457. The van der Waals surface area contributed by atoms with Gasteiger partial charge in [-0.3, -0.25) is 4.79 Å². The number of hydrogen-bond donors (Lipinski definition) is 1. The Labute approximate surface area is 181 Å². The molecule has 0 spiro atoms. The predicted octanol–water partition coefficient (Wildman–Crippen LogP) is 1.42. The second-order valence-corrected chi connectivity index (χ2v) is 8.68. The lowest BCUT2D eigenvalue weighted by atomic mass is 10.2. The molecule has 0 aliphatic carbocycles. The summed E-state index contributed by atoms with van der Waals surface area (Å²) < 4.78 is 47.7. The summed E-state index contributed by atoms with van der Waals surface area (Å²) in [5.74, 6) is 1.29. The van der Waals surface area contributed by atoms with Crippen molar-refractivity contribution in [2.75, 3.05) is 47.1 Å². The van der Waals surface area contributed by atoms with E-state index in [1.54, 1.807) is 26.4 Å². The summed E-state index contributed by atoms with van der Waals surface area (Å²) in [5.41, 5.74) is 0.851. The average Bonchev–Trinajstić information content (AvgIpc) is 2.82. The quantitative estimate of drug-likeness (QED) is 0.616. The van der Waals surface area contributed by atoms with E-state index in [4.69, 9.17) is 18.9 Å². The van der Waals surface area contributed by atoms with Crippen molar-refractivity contribution >= 4 is 15.9 Å². The largest absolute Gasteiger partial charge is 0.493 e. The minimum Gasteiger partial charge on any atom is -0.493 e. The molecule has 0 atom stereocenters. The molecule has 10 heteroatoms. The molecule has 0 saturated carbocycles. The molecule has 0 radical (unpaired) electrons. The van der Waals surface area contributed by atoms with Crippen LogP contribution in [0.2, 0.25) is 0 Å². The first-order chi connectivity index (χ1) is 14.9. The lowest BCUT2D eigenvalue weighted by Crippen LogP contribution is -2.40. The van der Waals surface area contributed by atoms with Crippen LogP contribution in [0.1, 0.15) is 5.56 Å². The third-order valence-corrected chi connectivity index (χ3v) is 6.65. The van der Waals surface area contributed by atoms with E-state index >= 15 is 0 Å². The van der Waals surface area contributed by atoms with Crippen molar-refractivity contribution in [3.63, 3.8) is 0 Å². The summed E-state index contributed by atoms with van der Waals surface area (Å²) in [5, 5.41) is 2.76. The molecule has 9 nitrogen and oxygen atoms in total. The van der Waals surface area contributed by atoms with Crippen LogP contribution in [0, 0.1) is 0 Å².